The second-order valence-electron chi connectivity index (χ2n) is 8.22. The van der Waals surface area contributed by atoms with E-state index in [1.807, 2.05) is 0 Å². The zero-order valence-electron chi connectivity index (χ0n) is 19.4. The molecule has 0 unspecified atom stereocenters. The molecule has 1 aliphatic rings. The Labute approximate surface area is 206 Å². The first-order valence-electron chi connectivity index (χ1n) is 11.5. The number of hydrogen-bond acceptors (Lipinski definition) is 6. The zero-order chi connectivity index (χ0) is 24.8. The Balaban J connectivity index is 1.47. The fraction of sp³-hybridized carbons (Fsp3) is 0.308. The van der Waals surface area contributed by atoms with Gasteiger partial charge >= 0.3 is 5.97 Å². The maximum Gasteiger partial charge on any atom is 0.341 e. The van der Waals surface area contributed by atoms with Crippen molar-refractivity contribution in [1.29, 1.82) is 0 Å². The van der Waals surface area contributed by atoms with Crippen molar-refractivity contribution in [2.75, 3.05) is 18.5 Å². The number of fused-ring (bicyclic) bond motifs is 1. The van der Waals surface area contributed by atoms with Crippen molar-refractivity contribution in [2.24, 2.45) is 0 Å². The second-order valence-corrected chi connectivity index (χ2v) is 9.33. The van der Waals surface area contributed by atoms with E-state index in [0.29, 0.717) is 34.7 Å². The summed E-state index contributed by atoms with van der Waals surface area (Å²) in [6.45, 7) is 1.96. The van der Waals surface area contributed by atoms with Crippen LogP contribution in [0.4, 0.5) is 9.39 Å². The third kappa shape index (κ3) is 5.92. The molecule has 0 aliphatic heterocycles. The topological polar surface area (TPSA) is 88.6 Å². The third-order valence-corrected chi connectivity index (χ3v) is 7.06. The number of likely N-dealkylation sites (N-methyl/N-ethyl adjacent to an activating group) is 1. The summed E-state index contributed by atoms with van der Waals surface area (Å²) in [4.78, 5) is 45.1. The molecule has 0 saturated heterocycles. The lowest BCUT2D eigenvalue weighted by Crippen LogP contribution is -2.34. The standard InChI is InChI=1S/C26H26FN3O4S/c1-2-30(15-17-7-5-9-19(27)13-17)22(31)16-34-26(33)23-20-10-3-4-11-21(20)35-25(23)29-24(32)18-8-6-12-28-14-18/h5-9,12-14H,2-4,10-11,15-16H2,1H3,(H,29,32). The molecule has 9 heteroatoms. The van der Waals surface area contributed by atoms with Gasteiger partial charge in [-0.1, -0.05) is 12.1 Å². The van der Waals surface area contributed by atoms with Crippen LogP contribution in [-0.2, 0) is 28.9 Å². The van der Waals surface area contributed by atoms with Crippen LogP contribution in [0.25, 0.3) is 0 Å². The van der Waals surface area contributed by atoms with E-state index in [0.717, 1.165) is 29.7 Å². The molecular weight excluding hydrogens is 469 g/mol. The molecule has 0 fully saturated rings. The Hall–Kier alpha value is -3.59. The van der Waals surface area contributed by atoms with Gasteiger partial charge in [0.1, 0.15) is 10.8 Å². The summed E-state index contributed by atoms with van der Waals surface area (Å²) in [6, 6.07) is 9.35. The summed E-state index contributed by atoms with van der Waals surface area (Å²) in [5, 5.41) is 3.26. The van der Waals surface area contributed by atoms with Crippen molar-refractivity contribution in [3.05, 3.63) is 81.7 Å². The monoisotopic (exact) mass is 495 g/mol. The van der Waals surface area contributed by atoms with Crippen molar-refractivity contribution in [3.63, 3.8) is 0 Å². The van der Waals surface area contributed by atoms with Crippen molar-refractivity contribution >= 4 is 34.1 Å². The van der Waals surface area contributed by atoms with E-state index in [1.165, 1.54) is 34.6 Å². The smallest absolute Gasteiger partial charge is 0.341 e. The van der Waals surface area contributed by atoms with Gasteiger partial charge < -0.3 is 15.0 Å². The number of amides is 2. The molecule has 2 aromatic heterocycles. The van der Waals surface area contributed by atoms with Crippen molar-refractivity contribution < 1.29 is 23.5 Å². The highest BCUT2D eigenvalue weighted by atomic mass is 32.1. The van der Waals surface area contributed by atoms with Crippen LogP contribution in [0.1, 0.15) is 56.5 Å². The fourth-order valence-electron chi connectivity index (χ4n) is 4.07. The van der Waals surface area contributed by atoms with Crippen LogP contribution in [-0.4, -0.2) is 40.8 Å². The predicted molar refractivity (Wildman–Crippen MR) is 131 cm³/mol. The van der Waals surface area contributed by atoms with Gasteiger partial charge in [-0.3, -0.25) is 14.6 Å². The van der Waals surface area contributed by atoms with Crippen molar-refractivity contribution in [3.8, 4) is 0 Å². The number of halogens is 1. The number of aromatic nitrogens is 1. The van der Waals surface area contributed by atoms with Crippen LogP contribution < -0.4 is 5.32 Å². The maximum atomic E-state index is 13.5. The summed E-state index contributed by atoms with van der Waals surface area (Å²) in [5.74, 6) is -1.76. The quantitative estimate of drug-likeness (QED) is 0.461. The molecule has 7 nitrogen and oxygen atoms in total. The molecule has 0 bridgehead atoms. The van der Waals surface area contributed by atoms with Crippen LogP contribution >= 0.6 is 11.3 Å². The van der Waals surface area contributed by atoms with Gasteiger partial charge in [-0.2, -0.15) is 0 Å². The average Bonchev–Trinajstić information content (AvgIpc) is 3.24. The first kappa shape index (κ1) is 24.5. The molecule has 1 aliphatic carbocycles. The number of rotatable bonds is 8. The van der Waals surface area contributed by atoms with Gasteiger partial charge in [0.25, 0.3) is 11.8 Å². The number of nitrogens with one attached hydrogen (secondary N) is 1. The lowest BCUT2D eigenvalue weighted by molar-refractivity contribution is -0.134. The minimum Gasteiger partial charge on any atom is -0.452 e. The van der Waals surface area contributed by atoms with Gasteiger partial charge in [-0.15, -0.1) is 11.3 Å². The third-order valence-electron chi connectivity index (χ3n) is 5.85. The molecule has 0 saturated carbocycles. The molecule has 182 valence electrons. The second kappa shape index (κ2) is 11.2. The minimum atomic E-state index is -0.638. The van der Waals surface area contributed by atoms with Gasteiger partial charge in [-0.25, -0.2) is 9.18 Å². The molecule has 35 heavy (non-hydrogen) atoms. The molecule has 2 amide bonds. The molecule has 4 rings (SSSR count). The molecule has 0 radical (unpaired) electrons. The number of benzene rings is 1. The number of thiophene rings is 1. The lowest BCUT2D eigenvalue weighted by atomic mass is 9.95. The minimum absolute atomic E-state index is 0.213. The molecule has 1 aromatic carbocycles. The number of anilines is 1. The first-order valence-corrected chi connectivity index (χ1v) is 12.3. The van der Waals surface area contributed by atoms with E-state index in [1.54, 1.807) is 37.4 Å². The van der Waals surface area contributed by atoms with Gasteiger partial charge in [0, 0.05) is 30.4 Å². The zero-order valence-corrected chi connectivity index (χ0v) is 20.2. The first-order chi connectivity index (χ1) is 17.0. The number of pyridine rings is 1. The summed E-state index contributed by atoms with van der Waals surface area (Å²) in [5.41, 5.74) is 2.23. The highest BCUT2D eigenvalue weighted by Crippen LogP contribution is 2.38. The number of nitrogens with zero attached hydrogens (tertiary/aromatic N) is 2. The van der Waals surface area contributed by atoms with Gasteiger partial charge in [-0.05, 0) is 68.0 Å². The summed E-state index contributed by atoms with van der Waals surface area (Å²) < 4.78 is 18.9. The van der Waals surface area contributed by atoms with E-state index in [4.69, 9.17) is 4.74 Å². The van der Waals surface area contributed by atoms with Crippen molar-refractivity contribution in [1.82, 2.24) is 9.88 Å². The predicted octanol–water partition coefficient (Wildman–Crippen LogP) is 4.62. The Morgan fingerprint density at radius 1 is 1.17 bits per heavy atom. The van der Waals surface area contributed by atoms with Gasteiger partial charge in [0.05, 0.1) is 11.1 Å². The SMILES string of the molecule is CCN(Cc1cccc(F)c1)C(=O)COC(=O)c1c(NC(=O)c2cccnc2)sc2c1CCCC2. The van der Waals surface area contributed by atoms with Crippen LogP contribution in [0.15, 0.2) is 48.8 Å². The van der Waals surface area contributed by atoms with E-state index in [9.17, 15) is 18.8 Å². The van der Waals surface area contributed by atoms with Crippen molar-refractivity contribution in [2.45, 2.75) is 39.2 Å². The normalized spacial score (nSPS) is 12.5. The Kier molecular flexibility index (Phi) is 7.87. The van der Waals surface area contributed by atoms with E-state index in [2.05, 4.69) is 10.3 Å². The van der Waals surface area contributed by atoms with E-state index in [-0.39, 0.29) is 24.2 Å². The van der Waals surface area contributed by atoms with Crippen LogP contribution in [0.3, 0.4) is 0 Å². The Morgan fingerprint density at radius 2 is 2.00 bits per heavy atom. The van der Waals surface area contributed by atoms with Gasteiger partial charge in [0.15, 0.2) is 6.61 Å². The number of carbonyl (C=O) groups is 3. The maximum absolute atomic E-state index is 13.5. The molecule has 2 heterocycles. The number of carbonyl (C=O) groups excluding carboxylic acids is 3. The summed E-state index contributed by atoms with van der Waals surface area (Å²) in [6.07, 6.45) is 6.54. The fourth-order valence-corrected chi connectivity index (χ4v) is 5.34. The van der Waals surface area contributed by atoms with Crippen LogP contribution in [0.5, 0.6) is 0 Å². The van der Waals surface area contributed by atoms with Crippen LogP contribution in [0.2, 0.25) is 0 Å². The number of aryl methyl sites for hydroxylation is 1. The van der Waals surface area contributed by atoms with E-state index < -0.39 is 12.6 Å². The largest absolute Gasteiger partial charge is 0.452 e. The molecule has 1 N–H and O–H groups in total. The average molecular weight is 496 g/mol. The van der Waals surface area contributed by atoms with E-state index >= 15 is 0 Å². The van der Waals surface area contributed by atoms with Gasteiger partial charge in [0.2, 0.25) is 0 Å². The highest BCUT2D eigenvalue weighted by molar-refractivity contribution is 7.17. The number of hydrogen-bond donors (Lipinski definition) is 1. The Morgan fingerprint density at radius 3 is 2.74 bits per heavy atom. The molecule has 3 aromatic rings. The summed E-state index contributed by atoms with van der Waals surface area (Å²) >= 11 is 1.38. The summed E-state index contributed by atoms with van der Waals surface area (Å²) in [7, 11) is 0. The molecular formula is C26H26FN3O4S. The Bertz CT molecular complexity index is 1230. The van der Waals surface area contributed by atoms with Crippen LogP contribution in [0, 0.1) is 5.82 Å². The highest BCUT2D eigenvalue weighted by Gasteiger charge is 2.28. The lowest BCUT2D eigenvalue weighted by Gasteiger charge is -2.21. The molecule has 0 spiro atoms. The number of ether oxygens (including phenoxy) is 1. The molecule has 0 atom stereocenters. The number of esters is 1.